The van der Waals surface area contributed by atoms with Crippen molar-refractivity contribution in [3.63, 3.8) is 0 Å². The molecule has 0 radical (unpaired) electrons. The van der Waals surface area contributed by atoms with Gasteiger partial charge < -0.3 is 8.98 Å². The molecule has 0 saturated heterocycles. The Balaban J connectivity index is 1.04. The molecule has 11 aromatic rings. The number of nitrogens with zero attached hydrogens (tertiary/aromatic N) is 3. The molecule has 57 heavy (non-hydrogen) atoms. The molecule has 1 aliphatic rings. The molecule has 0 N–H and O–H groups in total. The Morgan fingerprint density at radius 2 is 1.14 bits per heavy atom. The first-order valence-electron chi connectivity index (χ1n) is 19.6. The van der Waals surface area contributed by atoms with Gasteiger partial charge in [-0.15, -0.1) is 0 Å². The third kappa shape index (κ3) is 4.68. The van der Waals surface area contributed by atoms with Crippen molar-refractivity contribution in [2.45, 2.75) is 19.3 Å². The molecular formula is C53H35N3O. The van der Waals surface area contributed by atoms with E-state index in [1.807, 2.05) is 12.1 Å². The molecule has 0 aliphatic heterocycles. The highest BCUT2D eigenvalue weighted by molar-refractivity contribution is 6.14. The summed E-state index contributed by atoms with van der Waals surface area (Å²) in [5.74, 6) is 0.672. The summed E-state index contributed by atoms with van der Waals surface area (Å²) in [5.41, 5.74) is 16.6. The fraction of sp³-hybridized carbons (Fsp3) is 0.0566. The zero-order valence-electron chi connectivity index (χ0n) is 31.5. The minimum absolute atomic E-state index is 0.0322. The third-order valence-corrected chi connectivity index (χ3v) is 12.2. The Morgan fingerprint density at radius 1 is 0.456 bits per heavy atom. The van der Waals surface area contributed by atoms with Gasteiger partial charge in [-0.1, -0.05) is 129 Å². The van der Waals surface area contributed by atoms with E-state index in [9.17, 15) is 0 Å². The standard InChI is InChI=1S/C53H35N3O/c1-53(2)43-19-9-6-15-36(43)40-29-32(23-26-44(40)53)33-25-28-48-42(30-33)50-39(18-12-22-49(50)57-48)52-54-45-20-10-7-17-38(45)51(55-52)34-24-27-47-41(31-34)37-16-8-11-21-46(37)56(47)35-13-4-3-5-14-35/h3-31H,1-2H3. The van der Waals surface area contributed by atoms with E-state index in [0.29, 0.717) is 5.82 Å². The predicted molar refractivity (Wildman–Crippen MR) is 235 cm³/mol. The van der Waals surface area contributed by atoms with E-state index in [2.05, 4.69) is 182 Å². The van der Waals surface area contributed by atoms with Crippen LogP contribution in [0.15, 0.2) is 180 Å². The maximum atomic E-state index is 6.53. The molecule has 4 heteroatoms. The number of hydrogen-bond donors (Lipinski definition) is 0. The first-order chi connectivity index (χ1) is 28.0. The zero-order chi connectivity index (χ0) is 37.8. The smallest absolute Gasteiger partial charge is 0.161 e. The Hall–Kier alpha value is -7.30. The molecule has 0 bridgehead atoms. The second-order valence-corrected chi connectivity index (χ2v) is 15.8. The molecule has 0 atom stereocenters. The molecule has 0 fully saturated rings. The molecular weight excluding hydrogens is 695 g/mol. The molecule has 268 valence electrons. The van der Waals surface area contributed by atoms with Crippen LogP contribution in [0.2, 0.25) is 0 Å². The monoisotopic (exact) mass is 729 g/mol. The van der Waals surface area contributed by atoms with Crippen molar-refractivity contribution < 1.29 is 4.42 Å². The lowest BCUT2D eigenvalue weighted by Crippen LogP contribution is -2.14. The van der Waals surface area contributed by atoms with Gasteiger partial charge in [0.1, 0.15) is 11.2 Å². The molecule has 1 aliphatic carbocycles. The Labute approximate surface area is 329 Å². The van der Waals surface area contributed by atoms with Crippen LogP contribution in [0.5, 0.6) is 0 Å². The number of benzene rings is 8. The van der Waals surface area contributed by atoms with Gasteiger partial charge in [-0.2, -0.15) is 0 Å². The van der Waals surface area contributed by atoms with Gasteiger partial charge in [-0.05, 0) is 94.0 Å². The van der Waals surface area contributed by atoms with E-state index in [0.717, 1.165) is 66.4 Å². The van der Waals surface area contributed by atoms with Crippen molar-refractivity contribution in [3.05, 3.63) is 187 Å². The van der Waals surface area contributed by atoms with E-state index in [4.69, 9.17) is 14.4 Å². The average Bonchev–Trinajstić information content (AvgIpc) is 3.88. The van der Waals surface area contributed by atoms with E-state index in [1.165, 1.54) is 44.1 Å². The van der Waals surface area contributed by atoms with Gasteiger partial charge in [0.15, 0.2) is 5.82 Å². The third-order valence-electron chi connectivity index (χ3n) is 12.2. The second-order valence-electron chi connectivity index (χ2n) is 15.8. The normalized spacial score (nSPS) is 13.2. The number of para-hydroxylation sites is 3. The minimum atomic E-state index is -0.0322. The zero-order valence-corrected chi connectivity index (χ0v) is 31.5. The highest BCUT2D eigenvalue weighted by Crippen LogP contribution is 2.50. The van der Waals surface area contributed by atoms with Crippen LogP contribution < -0.4 is 0 Å². The quantitative estimate of drug-likeness (QED) is 0.181. The first kappa shape index (κ1) is 32.0. The van der Waals surface area contributed by atoms with Gasteiger partial charge in [-0.3, -0.25) is 0 Å². The van der Waals surface area contributed by atoms with Crippen LogP contribution in [0.1, 0.15) is 25.0 Å². The van der Waals surface area contributed by atoms with Crippen LogP contribution in [-0.2, 0) is 5.41 Å². The number of aromatic nitrogens is 3. The lowest BCUT2D eigenvalue weighted by atomic mass is 9.82. The van der Waals surface area contributed by atoms with Gasteiger partial charge in [0.2, 0.25) is 0 Å². The minimum Gasteiger partial charge on any atom is -0.456 e. The Morgan fingerprint density at radius 3 is 2.05 bits per heavy atom. The number of furan rings is 1. The van der Waals surface area contributed by atoms with Crippen molar-refractivity contribution in [2.75, 3.05) is 0 Å². The fourth-order valence-corrected chi connectivity index (χ4v) is 9.48. The maximum Gasteiger partial charge on any atom is 0.161 e. The predicted octanol–water partition coefficient (Wildman–Crippen LogP) is 13.9. The van der Waals surface area contributed by atoms with Crippen molar-refractivity contribution in [1.82, 2.24) is 14.5 Å². The van der Waals surface area contributed by atoms with Gasteiger partial charge in [0, 0.05) is 49.2 Å². The largest absolute Gasteiger partial charge is 0.456 e. The van der Waals surface area contributed by atoms with Crippen molar-refractivity contribution in [2.24, 2.45) is 0 Å². The Kier molecular flexibility index (Phi) is 6.65. The summed E-state index contributed by atoms with van der Waals surface area (Å²) in [6, 6.07) is 62.8. The summed E-state index contributed by atoms with van der Waals surface area (Å²) < 4.78 is 8.87. The van der Waals surface area contributed by atoms with Crippen LogP contribution >= 0.6 is 0 Å². The van der Waals surface area contributed by atoms with Crippen LogP contribution in [0.3, 0.4) is 0 Å². The molecule has 3 heterocycles. The molecule has 4 nitrogen and oxygen atoms in total. The Bertz CT molecular complexity index is 3440. The topological polar surface area (TPSA) is 43.9 Å². The van der Waals surface area contributed by atoms with Gasteiger partial charge >= 0.3 is 0 Å². The van der Waals surface area contributed by atoms with Crippen molar-refractivity contribution in [3.8, 4) is 50.6 Å². The highest BCUT2D eigenvalue weighted by atomic mass is 16.3. The number of rotatable bonds is 4. The van der Waals surface area contributed by atoms with E-state index in [1.54, 1.807) is 0 Å². The van der Waals surface area contributed by atoms with Crippen molar-refractivity contribution >= 4 is 54.6 Å². The van der Waals surface area contributed by atoms with E-state index in [-0.39, 0.29) is 5.41 Å². The van der Waals surface area contributed by atoms with Crippen molar-refractivity contribution in [1.29, 1.82) is 0 Å². The summed E-state index contributed by atoms with van der Waals surface area (Å²) in [4.78, 5) is 10.6. The first-order valence-corrected chi connectivity index (χ1v) is 19.6. The lowest BCUT2D eigenvalue weighted by Gasteiger charge is -2.21. The molecule has 0 amide bonds. The summed E-state index contributed by atoms with van der Waals surface area (Å²) in [6.45, 7) is 4.65. The summed E-state index contributed by atoms with van der Waals surface area (Å²) in [5, 5.41) is 5.47. The fourth-order valence-electron chi connectivity index (χ4n) is 9.48. The lowest BCUT2D eigenvalue weighted by molar-refractivity contribution is 0.660. The SMILES string of the molecule is CC1(C)c2ccccc2-c2cc(-c3ccc4oc5cccc(-c6nc(-c7ccc8c(c7)c7ccccc7n8-c7ccccc7)c7ccccc7n6)c5c4c3)ccc21. The van der Waals surface area contributed by atoms with Gasteiger partial charge in [-0.25, -0.2) is 9.97 Å². The molecule has 0 unspecified atom stereocenters. The van der Waals surface area contributed by atoms with Crippen LogP contribution in [-0.4, -0.2) is 14.5 Å². The summed E-state index contributed by atoms with van der Waals surface area (Å²) >= 11 is 0. The number of fused-ring (bicyclic) bond motifs is 10. The number of hydrogen-bond acceptors (Lipinski definition) is 3. The molecule has 0 spiro atoms. The van der Waals surface area contributed by atoms with Crippen LogP contribution in [0.25, 0.3) is 105 Å². The van der Waals surface area contributed by atoms with E-state index < -0.39 is 0 Å². The summed E-state index contributed by atoms with van der Waals surface area (Å²) in [6.07, 6.45) is 0. The van der Waals surface area contributed by atoms with Gasteiger partial charge in [0.25, 0.3) is 0 Å². The molecule has 0 saturated carbocycles. The molecule has 12 rings (SSSR count). The van der Waals surface area contributed by atoms with E-state index >= 15 is 0 Å². The summed E-state index contributed by atoms with van der Waals surface area (Å²) in [7, 11) is 0. The van der Waals surface area contributed by atoms with Crippen LogP contribution in [0, 0.1) is 0 Å². The molecule has 3 aromatic heterocycles. The molecule has 8 aromatic carbocycles. The van der Waals surface area contributed by atoms with Crippen LogP contribution in [0.4, 0.5) is 0 Å². The van der Waals surface area contributed by atoms with Gasteiger partial charge in [0.05, 0.1) is 22.2 Å². The second kappa shape index (κ2) is 11.8. The maximum absolute atomic E-state index is 6.53. The highest BCUT2D eigenvalue weighted by Gasteiger charge is 2.35. The average molecular weight is 730 g/mol.